The van der Waals surface area contributed by atoms with Crippen molar-refractivity contribution in [1.82, 2.24) is 15.2 Å². The number of nitrogens with zero attached hydrogens (tertiary/aromatic N) is 2. The lowest BCUT2D eigenvalue weighted by Crippen LogP contribution is -2.46. The van der Waals surface area contributed by atoms with Gasteiger partial charge < -0.3 is 19.9 Å². The van der Waals surface area contributed by atoms with Crippen molar-refractivity contribution >= 4 is 33.1 Å². The van der Waals surface area contributed by atoms with Gasteiger partial charge in [-0.1, -0.05) is 35.6 Å². The fourth-order valence-corrected chi connectivity index (χ4v) is 4.49. The number of thiazole rings is 1. The summed E-state index contributed by atoms with van der Waals surface area (Å²) in [5.41, 5.74) is 2.47. The van der Waals surface area contributed by atoms with Crippen LogP contribution in [0, 0.1) is 0 Å². The molecule has 1 aromatic heterocycles. The molecule has 1 amide bonds. The number of aromatic nitrogens is 1. The molecule has 0 atom stereocenters. The van der Waals surface area contributed by atoms with Gasteiger partial charge in [-0.05, 0) is 30.3 Å². The Bertz CT molecular complexity index is 1130. The quantitative estimate of drug-likeness (QED) is 0.555. The Labute approximate surface area is 184 Å². The van der Waals surface area contributed by atoms with Crippen LogP contribution < -0.4 is 19.8 Å². The van der Waals surface area contributed by atoms with Gasteiger partial charge in [0.25, 0.3) is 5.91 Å². The lowest BCUT2D eigenvalue weighted by molar-refractivity contribution is 0.0958. The number of aromatic amines is 1. The molecule has 0 saturated carbocycles. The summed E-state index contributed by atoms with van der Waals surface area (Å²) in [7, 11) is 1.71. The van der Waals surface area contributed by atoms with Crippen molar-refractivity contribution in [3.63, 3.8) is 0 Å². The van der Waals surface area contributed by atoms with Gasteiger partial charge in [0.15, 0.2) is 0 Å². The number of rotatable bonds is 7. The summed E-state index contributed by atoms with van der Waals surface area (Å²) in [4.78, 5) is 31.1. The molecule has 1 aliphatic rings. The van der Waals surface area contributed by atoms with E-state index in [2.05, 4.69) is 32.2 Å². The van der Waals surface area contributed by atoms with E-state index in [9.17, 15) is 9.59 Å². The second kappa shape index (κ2) is 9.80. The lowest BCUT2D eigenvalue weighted by Gasteiger charge is -2.36. The number of carbonyl (C=O) groups is 1. The van der Waals surface area contributed by atoms with Crippen LogP contribution in [-0.4, -0.2) is 62.2 Å². The first kappa shape index (κ1) is 21.1. The molecule has 0 spiro atoms. The second-order valence-electron chi connectivity index (χ2n) is 7.37. The Balaban J connectivity index is 1.21. The number of piperazine rings is 1. The highest BCUT2D eigenvalue weighted by Gasteiger charge is 2.18. The van der Waals surface area contributed by atoms with Crippen LogP contribution in [0.3, 0.4) is 0 Å². The number of hydrogen-bond acceptors (Lipinski definition) is 6. The average molecular weight is 439 g/mol. The van der Waals surface area contributed by atoms with Crippen LogP contribution in [0.4, 0.5) is 5.69 Å². The highest BCUT2D eigenvalue weighted by molar-refractivity contribution is 7.16. The fourth-order valence-electron chi connectivity index (χ4n) is 3.71. The van der Waals surface area contributed by atoms with E-state index in [0.717, 1.165) is 65.7 Å². The fraction of sp³-hybridized carbons (Fsp3) is 0.304. The zero-order valence-electron chi connectivity index (χ0n) is 17.5. The number of nitrogens with one attached hydrogen (secondary N) is 2. The minimum absolute atomic E-state index is 0.112. The number of fused-ring (bicyclic) bond motifs is 1. The number of H-pyrrole nitrogens is 1. The van der Waals surface area contributed by atoms with Crippen molar-refractivity contribution in [2.24, 2.45) is 0 Å². The molecule has 162 valence electrons. The molecule has 8 heteroatoms. The van der Waals surface area contributed by atoms with E-state index in [-0.39, 0.29) is 10.8 Å². The van der Waals surface area contributed by atoms with E-state index >= 15 is 0 Å². The monoisotopic (exact) mass is 438 g/mol. The molecule has 0 radical (unpaired) electrons. The van der Waals surface area contributed by atoms with Crippen LogP contribution in [0.5, 0.6) is 5.75 Å². The van der Waals surface area contributed by atoms with E-state index in [1.165, 1.54) is 0 Å². The first-order chi connectivity index (χ1) is 15.1. The summed E-state index contributed by atoms with van der Waals surface area (Å²) in [6, 6.07) is 13.4. The highest BCUT2D eigenvalue weighted by Crippen LogP contribution is 2.28. The van der Waals surface area contributed by atoms with Gasteiger partial charge in [-0.15, -0.1) is 0 Å². The molecule has 1 aliphatic heterocycles. The number of amides is 1. The van der Waals surface area contributed by atoms with Crippen LogP contribution in [0.15, 0.2) is 59.4 Å². The molecule has 0 bridgehead atoms. The molecule has 7 nitrogen and oxygen atoms in total. The van der Waals surface area contributed by atoms with Crippen molar-refractivity contribution in [2.75, 3.05) is 51.3 Å². The number of hydrogen-bond donors (Lipinski definition) is 2. The van der Waals surface area contributed by atoms with Crippen molar-refractivity contribution < 1.29 is 9.53 Å². The molecular weight excluding hydrogens is 412 g/mol. The maximum atomic E-state index is 12.3. The number of ether oxygens (including phenoxy) is 1. The van der Waals surface area contributed by atoms with E-state index in [1.807, 2.05) is 24.3 Å². The largest absolute Gasteiger partial charge is 0.495 e. The summed E-state index contributed by atoms with van der Waals surface area (Å²) >= 11 is 1.11. The van der Waals surface area contributed by atoms with Gasteiger partial charge in [-0.2, -0.15) is 0 Å². The lowest BCUT2D eigenvalue weighted by atomic mass is 10.2. The Kier molecular flexibility index (Phi) is 6.69. The van der Waals surface area contributed by atoms with Gasteiger partial charge in [0.05, 0.1) is 23.0 Å². The van der Waals surface area contributed by atoms with E-state index in [0.29, 0.717) is 12.1 Å². The predicted molar refractivity (Wildman–Crippen MR) is 126 cm³/mol. The molecule has 4 rings (SSSR count). The molecule has 0 aliphatic carbocycles. The minimum Gasteiger partial charge on any atom is -0.495 e. The number of para-hydroxylation sites is 2. The van der Waals surface area contributed by atoms with Gasteiger partial charge in [0.2, 0.25) is 0 Å². The predicted octanol–water partition coefficient (Wildman–Crippen LogP) is 2.71. The van der Waals surface area contributed by atoms with Crippen LogP contribution >= 0.6 is 11.3 Å². The van der Waals surface area contributed by atoms with Crippen molar-refractivity contribution in [3.05, 3.63) is 69.8 Å². The highest BCUT2D eigenvalue weighted by atomic mass is 32.1. The normalized spacial score (nSPS) is 14.9. The van der Waals surface area contributed by atoms with Gasteiger partial charge in [0, 0.05) is 44.8 Å². The second-order valence-corrected chi connectivity index (χ2v) is 8.38. The maximum Gasteiger partial charge on any atom is 0.305 e. The molecule has 1 fully saturated rings. The Hall–Kier alpha value is -3.10. The van der Waals surface area contributed by atoms with Crippen molar-refractivity contribution in [3.8, 4) is 5.75 Å². The molecule has 2 heterocycles. The van der Waals surface area contributed by atoms with Crippen molar-refractivity contribution in [1.29, 1.82) is 0 Å². The SMILES string of the molecule is COc1ccccc1N1CCN(C/C=C/CNC(=O)c2ccc3[nH]c(=O)sc3c2)CC1. The van der Waals surface area contributed by atoms with Gasteiger partial charge >= 0.3 is 4.87 Å². The molecule has 31 heavy (non-hydrogen) atoms. The molecule has 2 N–H and O–H groups in total. The Morgan fingerprint density at radius 2 is 1.97 bits per heavy atom. The van der Waals surface area contributed by atoms with Crippen LogP contribution in [-0.2, 0) is 0 Å². The van der Waals surface area contributed by atoms with E-state index < -0.39 is 0 Å². The summed E-state index contributed by atoms with van der Waals surface area (Å²) in [6.45, 7) is 5.21. The zero-order valence-corrected chi connectivity index (χ0v) is 18.3. The standard InChI is InChI=1S/C23H26N4O3S/c1-30-20-7-3-2-6-19(20)27-14-12-26(13-15-27)11-5-4-10-24-22(28)17-8-9-18-21(16-17)31-23(29)25-18/h2-9,16H,10-15H2,1H3,(H,24,28)(H,25,29)/b5-4+. The Morgan fingerprint density at radius 1 is 1.16 bits per heavy atom. The average Bonchev–Trinajstić information content (AvgIpc) is 3.18. The third-order valence-electron chi connectivity index (χ3n) is 5.39. The van der Waals surface area contributed by atoms with Gasteiger partial charge in [0.1, 0.15) is 5.75 Å². The van der Waals surface area contributed by atoms with Crippen LogP contribution in [0.25, 0.3) is 10.2 Å². The first-order valence-electron chi connectivity index (χ1n) is 10.3. The summed E-state index contributed by atoms with van der Waals surface area (Å²) in [5.74, 6) is 0.772. The summed E-state index contributed by atoms with van der Waals surface area (Å²) in [6.07, 6.45) is 4.08. The number of methoxy groups -OCH3 is 1. The number of anilines is 1. The molecule has 0 unspecified atom stereocenters. The molecule has 3 aromatic rings. The number of benzene rings is 2. The third kappa shape index (κ3) is 5.15. The molecule has 2 aromatic carbocycles. The third-order valence-corrected chi connectivity index (χ3v) is 6.24. The minimum atomic E-state index is -0.141. The maximum absolute atomic E-state index is 12.3. The van der Waals surface area contributed by atoms with Crippen molar-refractivity contribution in [2.45, 2.75) is 0 Å². The van der Waals surface area contributed by atoms with Gasteiger partial charge in [-0.3, -0.25) is 14.5 Å². The summed E-state index contributed by atoms with van der Waals surface area (Å²) < 4.78 is 6.27. The van der Waals surface area contributed by atoms with Crippen LogP contribution in [0.2, 0.25) is 0 Å². The number of carbonyl (C=O) groups excluding carboxylic acids is 1. The van der Waals surface area contributed by atoms with E-state index in [4.69, 9.17) is 4.74 Å². The summed E-state index contributed by atoms with van der Waals surface area (Å²) in [5, 5.41) is 2.90. The first-order valence-corrected chi connectivity index (χ1v) is 11.1. The van der Waals surface area contributed by atoms with Gasteiger partial charge in [-0.25, -0.2) is 0 Å². The molecular formula is C23H26N4O3S. The smallest absolute Gasteiger partial charge is 0.305 e. The zero-order chi connectivity index (χ0) is 21.6. The Morgan fingerprint density at radius 3 is 2.77 bits per heavy atom. The topological polar surface area (TPSA) is 77.7 Å². The van der Waals surface area contributed by atoms with Crippen LogP contribution in [0.1, 0.15) is 10.4 Å². The molecule has 1 saturated heterocycles. The van der Waals surface area contributed by atoms with E-state index in [1.54, 1.807) is 25.3 Å².